The third kappa shape index (κ3) is 4.58. The highest BCUT2D eigenvalue weighted by atomic mass is 32.2. The molecule has 2 atom stereocenters. The molecule has 2 aromatic carbocycles. The molecule has 0 unspecified atom stereocenters. The summed E-state index contributed by atoms with van der Waals surface area (Å²) in [5, 5.41) is 3.41. The maximum atomic E-state index is 13.2. The summed E-state index contributed by atoms with van der Waals surface area (Å²) >= 11 is 1.24. The van der Waals surface area contributed by atoms with Gasteiger partial charge in [0.25, 0.3) is 5.56 Å². The predicted molar refractivity (Wildman–Crippen MR) is 124 cm³/mol. The molecule has 0 saturated carbocycles. The lowest BCUT2D eigenvalue weighted by Gasteiger charge is -2.21. The van der Waals surface area contributed by atoms with Crippen LogP contribution in [0.3, 0.4) is 0 Å². The number of fused-ring (bicyclic) bond motifs is 2. The molecule has 0 radical (unpaired) electrons. The van der Waals surface area contributed by atoms with Crippen molar-refractivity contribution in [2.75, 3.05) is 32.2 Å². The number of ether oxygens (including phenoxy) is 3. The lowest BCUT2D eigenvalue weighted by atomic mass is 10.2. The molecule has 0 fully saturated rings. The molecule has 168 valence electrons. The molecule has 1 amide bonds. The van der Waals surface area contributed by atoms with Crippen LogP contribution >= 0.6 is 11.8 Å². The number of carbonyl (C=O) groups excluding carboxylic acids is 1. The number of rotatable bonds is 7. The molecule has 0 bridgehead atoms. The second kappa shape index (κ2) is 9.62. The first-order chi connectivity index (χ1) is 15.5. The van der Waals surface area contributed by atoms with Gasteiger partial charge in [-0.3, -0.25) is 14.2 Å². The van der Waals surface area contributed by atoms with Crippen molar-refractivity contribution in [1.82, 2.24) is 9.55 Å². The van der Waals surface area contributed by atoms with Crippen LogP contribution in [0, 0.1) is 0 Å². The van der Waals surface area contributed by atoms with E-state index < -0.39 is 5.25 Å². The van der Waals surface area contributed by atoms with Crippen LogP contribution in [0.15, 0.2) is 52.4 Å². The Hall–Kier alpha value is -3.04. The molecule has 3 aromatic rings. The molecule has 4 rings (SSSR count). The first kappa shape index (κ1) is 22.2. The Morgan fingerprint density at radius 1 is 1.19 bits per heavy atom. The minimum absolute atomic E-state index is 0.151. The van der Waals surface area contributed by atoms with Gasteiger partial charge in [0.15, 0.2) is 16.7 Å². The van der Waals surface area contributed by atoms with Crippen molar-refractivity contribution in [3.8, 4) is 11.5 Å². The molecule has 8 nitrogen and oxygen atoms in total. The SMILES string of the molecule is COC[C@@H](C)n1c(S[C@H](C)C(=O)Nc2ccc3c(c2)OCCO3)nc2ccccc2c1=O. The van der Waals surface area contributed by atoms with Gasteiger partial charge in [-0.25, -0.2) is 4.98 Å². The fourth-order valence-corrected chi connectivity index (χ4v) is 4.50. The van der Waals surface area contributed by atoms with E-state index in [1.807, 2.05) is 19.1 Å². The quantitative estimate of drug-likeness (QED) is 0.431. The highest BCUT2D eigenvalue weighted by Crippen LogP contribution is 2.33. The second-order valence-corrected chi connectivity index (χ2v) is 8.81. The smallest absolute Gasteiger partial charge is 0.262 e. The fraction of sp³-hybridized carbons (Fsp3) is 0.348. The van der Waals surface area contributed by atoms with Gasteiger partial charge in [-0.05, 0) is 38.1 Å². The van der Waals surface area contributed by atoms with Crippen LogP contribution < -0.4 is 20.3 Å². The second-order valence-electron chi connectivity index (χ2n) is 7.50. The van der Waals surface area contributed by atoms with Gasteiger partial charge < -0.3 is 19.5 Å². The van der Waals surface area contributed by atoms with E-state index in [-0.39, 0.29) is 17.5 Å². The number of hydrogen-bond acceptors (Lipinski definition) is 7. The number of nitrogens with one attached hydrogen (secondary N) is 1. The largest absolute Gasteiger partial charge is 0.486 e. The summed E-state index contributed by atoms with van der Waals surface area (Å²) in [7, 11) is 1.59. The van der Waals surface area contributed by atoms with Crippen LogP contribution in [0.5, 0.6) is 11.5 Å². The number of nitrogens with zero attached hydrogens (tertiary/aromatic N) is 2. The van der Waals surface area contributed by atoms with E-state index in [2.05, 4.69) is 10.3 Å². The van der Waals surface area contributed by atoms with Crippen molar-refractivity contribution < 1.29 is 19.0 Å². The Morgan fingerprint density at radius 3 is 2.72 bits per heavy atom. The fourth-order valence-electron chi connectivity index (χ4n) is 3.49. The summed E-state index contributed by atoms with van der Waals surface area (Å²) in [5.41, 5.74) is 1.06. The Balaban J connectivity index is 1.58. The van der Waals surface area contributed by atoms with Gasteiger partial charge >= 0.3 is 0 Å². The standard InChI is InChI=1S/C23H25N3O5S/c1-14(13-29-3)26-22(28)17-6-4-5-7-18(17)25-23(26)32-15(2)21(27)24-16-8-9-19-20(12-16)31-11-10-30-19/h4-9,12,14-15H,10-11,13H2,1-3H3,(H,24,27)/t14-,15-/m1/s1. The average molecular weight is 456 g/mol. The van der Waals surface area contributed by atoms with Crippen molar-refractivity contribution in [3.63, 3.8) is 0 Å². The van der Waals surface area contributed by atoms with Crippen molar-refractivity contribution in [2.24, 2.45) is 0 Å². The van der Waals surface area contributed by atoms with Crippen molar-refractivity contribution in [1.29, 1.82) is 0 Å². The molecule has 1 aliphatic rings. The molecule has 0 saturated heterocycles. The molecular weight excluding hydrogens is 430 g/mol. The van der Waals surface area contributed by atoms with Crippen LogP contribution in [-0.4, -0.2) is 47.6 Å². The minimum atomic E-state index is -0.503. The first-order valence-electron chi connectivity index (χ1n) is 10.4. The number of amides is 1. The van der Waals surface area contributed by atoms with Gasteiger partial charge in [-0.15, -0.1) is 0 Å². The van der Waals surface area contributed by atoms with E-state index in [1.54, 1.807) is 48.9 Å². The number of hydrogen-bond donors (Lipinski definition) is 1. The van der Waals surface area contributed by atoms with E-state index in [0.717, 1.165) is 0 Å². The Morgan fingerprint density at radius 2 is 1.94 bits per heavy atom. The molecule has 0 spiro atoms. The van der Waals surface area contributed by atoms with Gasteiger partial charge in [0.05, 0.1) is 28.8 Å². The summed E-state index contributed by atoms with van der Waals surface area (Å²) in [4.78, 5) is 30.7. The molecule has 9 heteroatoms. The van der Waals surface area contributed by atoms with Crippen LogP contribution in [-0.2, 0) is 9.53 Å². The third-order valence-electron chi connectivity index (χ3n) is 5.09. The number of aromatic nitrogens is 2. The number of carbonyl (C=O) groups is 1. The zero-order valence-electron chi connectivity index (χ0n) is 18.2. The monoisotopic (exact) mass is 455 g/mol. The third-order valence-corrected chi connectivity index (χ3v) is 6.15. The zero-order valence-corrected chi connectivity index (χ0v) is 19.0. The van der Waals surface area contributed by atoms with E-state index in [0.29, 0.717) is 53.1 Å². The highest BCUT2D eigenvalue weighted by molar-refractivity contribution is 8.00. The summed E-state index contributed by atoms with van der Waals surface area (Å²) in [6, 6.07) is 12.3. The zero-order chi connectivity index (χ0) is 22.7. The average Bonchev–Trinajstić information content (AvgIpc) is 2.79. The van der Waals surface area contributed by atoms with Gasteiger partial charge in [0.1, 0.15) is 13.2 Å². The van der Waals surface area contributed by atoms with Crippen LogP contribution in [0.2, 0.25) is 0 Å². The van der Waals surface area contributed by atoms with E-state index >= 15 is 0 Å². The van der Waals surface area contributed by atoms with Gasteiger partial charge in [-0.2, -0.15) is 0 Å². The number of para-hydroxylation sites is 1. The summed E-state index contributed by atoms with van der Waals surface area (Å²) in [6.45, 7) is 5.01. The van der Waals surface area contributed by atoms with E-state index in [1.165, 1.54) is 11.8 Å². The summed E-state index contributed by atoms with van der Waals surface area (Å²) < 4.78 is 18.0. The predicted octanol–water partition coefficient (Wildman–Crippen LogP) is 3.49. The Bertz CT molecular complexity index is 1200. The maximum Gasteiger partial charge on any atom is 0.262 e. The maximum absolute atomic E-state index is 13.2. The first-order valence-corrected chi connectivity index (χ1v) is 11.2. The highest BCUT2D eigenvalue weighted by Gasteiger charge is 2.22. The number of thioether (sulfide) groups is 1. The Kier molecular flexibility index (Phi) is 6.66. The van der Waals surface area contributed by atoms with Crippen molar-refractivity contribution in [2.45, 2.75) is 30.3 Å². The van der Waals surface area contributed by atoms with Gasteiger partial charge in [0.2, 0.25) is 5.91 Å². The van der Waals surface area contributed by atoms with Gasteiger partial charge in [-0.1, -0.05) is 23.9 Å². The van der Waals surface area contributed by atoms with E-state index in [4.69, 9.17) is 14.2 Å². The van der Waals surface area contributed by atoms with Crippen LogP contribution in [0.4, 0.5) is 5.69 Å². The summed E-state index contributed by atoms with van der Waals surface area (Å²) in [6.07, 6.45) is 0. The van der Waals surface area contributed by atoms with Crippen LogP contribution in [0.25, 0.3) is 10.9 Å². The normalized spacial score (nSPS) is 14.7. The lowest BCUT2D eigenvalue weighted by Crippen LogP contribution is -2.30. The van der Waals surface area contributed by atoms with Gasteiger partial charge in [0, 0.05) is 18.9 Å². The van der Waals surface area contributed by atoms with Crippen molar-refractivity contribution >= 4 is 34.3 Å². The molecule has 0 aliphatic carbocycles. The molecule has 1 N–H and O–H groups in total. The number of methoxy groups -OCH3 is 1. The molecule has 1 aromatic heterocycles. The van der Waals surface area contributed by atoms with Crippen LogP contribution in [0.1, 0.15) is 19.9 Å². The topological polar surface area (TPSA) is 91.7 Å². The minimum Gasteiger partial charge on any atom is -0.486 e. The molecule has 1 aliphatic heterocycles. The molecular formula is C23H25N3O5S. The number of benzene rings is 2. The van der Waals surface area contributed by atoms with E-state index in [9.17, 15) is 9.59 Å². The Labute approximate surface area is 189 Å². The van der Waals surface area contributed by atoms with Crippen molar-refractivity contribution in [3.05, 3.63) is 52.8 Å². The summed E-state index contributed by atoms with van der Waals surface area (Å²) in [5.74, 6) is 1.06. The number of anilines is 1. The lowest BCUT2D eigenvalue weighted by molar-refractivity contribution is -0.115. The molecule has 32 heavy (non-hydrogen) atoms. The molecule has 2 heterocycles.